The summed E-state index contributed by atoms with van der Waals surface area (Å²) in [5, 5.41) is 17.3. The average Bonchev–Trinajstić information content (AvgIpc) is 3.28. The second-order valence-electron chi connectivity index (χ2n) is 7.42. The molecule has 2 N–H and O–H groups in total. The highest BCUT2D eigenvalue weighted by molar-refractivity contribution is 7.17. The van der Waals surface area contributed by atoms with Crippen LogP contribution in [0, 0.1) is 5.95 Å². The number of thiophene rings is 1. The van der Waals surface area contributed by atoms with Gasteiger partial charge in [-0.2, -0.15) is 30.7 Å². The van der Waals surface area contributed by atoms with E-state index in [1.807, 2.05) is 11.4 Å². The number of carboxylic acids is 2. The molecule has 38 heavy (non-hydrogen) atoms. The molecule has 1 aliphatic heterocycles. The Kier molecular flexibility index (Phi) is 10.3. The first-order valence-corrected chi connectivity index (χ1v) is 11.4. The lowest BCUT2D eigenvalue weighted by molar-refractivity contribution is -0.193. The third-order valence-electron chi connectivity index (χ3n) is 4.99. The number of hydrogen-bond donors (Lipinski definition) is 2. The summed E-state index contributed by atoms with van der Waals surface area (Å²) in [6, 6.07) is 3.30. The molecule has 0 atom stereocenters. The summed E-state index contributed by atoms with van der Waals surface area (Å²) in [4.78, 5) is 36.1. The normalized spacial score (nSPS) is 14.3. The highest BCUT2D eigenvalue weighted by Crippen LogP contribution is 2.38. The van der Waals surface area contributed by atoms with Crippen molar-refractivity contribution in [2.75, 3.05) is 37.6 Å². The first-order valence-electron chi connectivity index (χ1n) is 10.6. The summed E-state index contributed by atoms with van der Waals surface area (Å²) >= 11 is 1.57. The van der Waals surface area contributed by atoms with E-state index in [1.54, 1.807) is 17.7 Å². The number of rotatable bonds is 3. The number of piperazine rings is 1. The maximum absolute atomic E-state index is 13.5. The van der Waals surface area contributed by atoms with E-state index < -0.39 is 30.2 Å². The van der Waals surface area contributed by atoms with Crippen molar-refractivity contribution in [3.8, 4) is 11.1 Å². The molecule has 9 nitrogen and oxygen atoms in total. The fourth-order valence-electron chi connectivity index (χ4n) is 3.16. The molecule has 208 valence electrons. The fraction of sp³-hybridized carbons (Fsp3) is 0.381. The Morgan fingerprint density at radius 1 is 0.974 bits per heavy atom. The molecule has 3 aromatic heterocycles. The molecule has 1 aliphatic rings. The van der Waals surface area contributed by atoms with Gasteiger partial charge in [-0.1, -0.05) is 6.92 Å². The Morgan fingerprint density at radius 2 is 1.53 bits per heavy atom. The molecular weight excluding hydrogens is 551 g/mol. The molecule has 0 amide bonds. The van der Waals surface area contributed by atoms with Gasteiger partial charge in [0.2, 0.25) is 5.95 Å². The van der Waals surface area contributed by atoms with Crippen LogP contribution < -0.4 is 4.90 Å². The van der Waals surface area contributed by atoms with Gasteiger partial charge in [-0.3, -0.25) is 0 Å². The predicted octanol–water partition coefficient (Wildman–Crippen LogP) is 4.30. The lowest BCUT2D eigenvalue weighted by Gasteiger charge is -2.35. The lowest BCUT2D eigenvalue weighted by atomic mass is 10.1. The van der Waals surface area contributed by atoms with Crippen molar-refractivity contribution >= 4 is 39.3 Å². The van der Waals surface area contributed by atoms with E-state index in [0.717, 1.165) is 59.9 Å². The first-order chi connectivity index (χ1) is 17.6. The van der Waals surface area contributed by atoms with Crippen LogP contribution in [0.3, 0.4) is 0 Å². The molecule has 0 unspecified atom stereocenters. The molecule has 0 radical (unpaired) electrons. The summed E-state index contributed by atoms with van der Waals surface area (Å²) in [7, 11) is 0. The number of aliphatic carboxylic acids is 2. The smallest absolute Gasteiger partial charge is 0.475 e. The van der Waals surface area contributed by atoms with Crippen LogP contribution in [0.25, 0.3) is 21.3 Å². The topological polar surface area (TPSA) is 120 Å². The van der Waals surface area contributed by atoms with Crippen LogP contribution in [-0.4, -0.2) is 87.1 Å². The Hall–Kier alpha value is -3.60. The largest absolute Gasteiger partial charge is 0.490 e. The minimum Gasteiger partial charge on any atom is -0.475 e. The number of carbonyl (C=O) groups is 2. The van der Waals surface area contributed by atoms with Gasteiger partial charge in [0.05, 0.1) is 5.39 Å². The fourth-order valence-corrected chi connectivity index (χ4v) is 4.07. The first kappa shape index (κ1) is 30.6. The molecule has 17 heteroatoms. The highest BCUT2D eigenvalue weighted by Gasteiger charge is 2.38. The number of nitrogens with zero attached hydrogens (tertiary/aromatic N) is 5. The molecule has 0 aromatic carbocycles. The van der Waals surface area contributed by atoms with Gasteiger partial charge in [0.15, 0.2) is 0 Å². The maximum Gasteiger partial charge on any atom is 0.490 e. The number of pyridine rings is 1. The van der Waals surface area contributed by atoms with Crippen LogP contribution in [0.4, 0.5) is 36.6 Å². The minimum absolute atomic E-state index is 0.471. The molecule has 0 aliphatic carbocycles. The molecular formula is C21H20F7N5O4S. The Morgan fingerprint density at radius 3 is 2.00 bits per heavy atom. The molecule has 4 rings (SSSR count). The number of halogens is 7. The number of alkyl halides is 6. The van der Waals surface area contributed by atoms with Crippen LogP contribution in [0.15, 0.2) is 30.0 Å². The summed E-state index contributed by atoms with van der Waals surface area (Å²) in [6.07, 6.45) is -7.05. The van der Waals surface area contributed by atoms with Gasteiger partial charge < -0.3 is 20.0 Å². The van der Waals surface area contributed by atoms with Crippen LogP contribution in [0.2, 0.25) is 0 Å². The van der Waals surface area contributed by atoms with Gasteiger partial charge in [-0.15, -0.1) is 11.3 Å². The number of hydrogen-bond acceptors (Lipinski definition) is 8. The van der Waals surface area contributed by atoms with E-state index in [2.05, 4.69) is 31.7 Å². The quantitative estimate of drug-likeness (QED) is 0.350. The molecule has 0 spiro atoms. The standard InChI is InChI=1S/C17H18FN5S.2C2HF3O2/c1-2-22-5-7-23(8-6-22)16-15-13(10-24-17(15)21-11-20-16)12-3-4-19-14(18)9-12;2*3-2(4,5)1(6)7/h3-4,9-11H,2,5-8H2,1H3;2*(H,6,7). The van der Waals surface area contributed by atoms with E-state index in [9.17, 15) is 30.7 Å². The second kappa shape index (κ2) is 12.8. The van der Waals surface area contributed by atoms with E-state index in [0.29, 0.717) is 0 Å². The van der Waals surface area contributed by atoms with Crippen molar-refractivity contribution in [3.63, 3.8) is 0 Å². The zero-order valence-electron chi connectivity index (χ0n) is 19.4. The van der Waals surface area contributed by atoms with Gasteiger partial charge in [-0.05, 0) is 18.2 Å². The van der Waals surface area contributed by atoms with Crippen molar-refractivity contribution < 1.29 is 50.5 Å². The van der Waals surface area contributed by atoms with Crippen molar-refractivity contribution in [1.82, 2.24) is 19.9 Å². The van der Waals surface area contributed by atoms with Gasteiger partial charge in [-0.25, -0.2) is 24.5 Å². The summed E-state index contributed by atoms with van der Waals surface area (Å²) < 4.78 is 77.0. The second-order valence-corrected chi connectivity index (χ2v) is 8.28. The Bertz CT molecular complexity index is 1220. The van der Waals surface area contributed by atoms with Gasteiger partial charge in [0, 0.05) is 49.4 Å². The van der Waals surface area contributed by atoms with Gasteiger partial charge >= 0.3 is 24.3 Å². The maximum atomic E-state index is 13.5. The number of anilines is 1. The van der Waals surface area contributed by atoms with E-state index >= 15 is 0 Å². The minimum atomic E-state index is -5.08. The average molecular weight is 571 g/mol. The highest BCUT2D eigenvalue weighted by atomic mass is 32.1. The molecule has 4 heterocycles. The third-order valence-corrected chi connectivity index (χ3v) is 5.88. The van der Waals surface area contributed by atoms with E-state index in [1.165, 1.54) is 12.3 Å². The lowest BCUT2D eigenvalue weighted by Crippen LogP contribution is -2.46. The van der Waals surface area contributed by atoms with Crippen LogP contribution in [-0.2, 0) is 9.59 Å². The summed E-state index contributed by atoms with van der Waals surface area (Å²) in [6.45, 7) is 7.22. The number of likely N-dealkylation sites (N-methyl/N-ethyl adjacent to an activating group) is 1. The zero-order chi connectivity index (χ0) is 28.7. The number of carboxylic acid groups (broad SMARTS) is 2. The number of aromatic nitrogens is 3. The monoisotopic (exact) mass is 571 g/mol. The predicted molar refractivity (Wildman–Crippen MR) is 122 cm³/mol. The van der Waals surface area contributed by atoms with Crippen molar-refractivity contribution in [2.24, 2.45) is 0 Å². The van der Waals surface area contributed by atoms with Gasteiger partial charge in [0.1, 0.15) is 17.0 Å². The van der Waals surface area contributed by atoms with E-state index in [-0.39, 0.29) is 0 Å². The van der Waals surface area contributed by atoms with E-state index in [4.69, 9.17) is 19.8 Å². The van der Waals surface area contributed by atoms with Crippen molar-refractivity contribution in [1.29, 1.82) is 0 Å². The van der Waals surface area contributed by atoms with Crippen molar-refractivity contribution in [2.45, 2.75) is 19.3 Å². The van der Waals surface area contributed by atoms with Crippen LogP contribution in [0.1, 0.15) is 6.92 Å². The molecule has 0 bridgehead atoms. The SMILES string of the molecule is CCN1CCN(c2ncnc3scc(-c4ccnc(F)c4)c23)CC1.O=C(O)C(F)(F)F.O=C(O)C(F)(F)F. The Labute approximate surface area is 214 Å². The molecule has 3 aromatic rings. The van der Waals surface area contributed by atoms with Crippen molar-refractivity contribution in [3.05, 3.63) is 36.0 Å². The molecule has 0 saturated carbocycles. The summed E-state index contributed by atoms with van der Waals surface area (Å²) in [5.74, 6) is -5.04. The zero-order valence-corrected chi connectivity index (χ0v) is 20.2. The number of fused-ring (bicyclic) bond motifs is 1. The summed E-state index contributed by atoms with van der Waals surface area (Å²) in [5.41, 5.74) is 1.79. The molecule has 1 fully saturated rings. The van der Waals surface area contributed by atoms with Crippen LogP contribution >= 0.6 is 11.3 Å². The Balaban J connectivity index is 0.000000301. The van der Waals surface area contributed by atoms with Crippen LogP contribution in [0.5, 0.6) is 0 Å². The van der Waals surface area contributed by atoms with Gasteiger partial charge in [0.25, 0.3) is 0 Å². The third kappa shape index (κ3) is 8.47. The molecule has 1 saturated heterocycles.